The maximum Gasteiger partial charge on any atom is 0.300 e. The zero-order valence-electron chi connectivity index (χ0n) is 11.4. The molecule has 1 aliphatic carbocycles. The molecule has 1 fully saturated rings. The molecule has 0 atom stereocenters. The second-order valence-electron chi connectivity index (χ2n) is 5.20. The average Bonchev–Trinajstić information content (AvgIpc) is 2.45. The van der Waals surface area contributed by atoms with Crippen molar-refractivity contribution in [2.45, 2.75) is 41.9 Å². The lowest BCUT2D eigenvalue weighted by Gasteiger charge is -2.21. The van der Waals surface area contributed by atoms with Gasteiger partial charge in [0.25, 0.3) is 0 Å². The maximum absolute atomic E-state index is 13.8. The van der Waals surface area contributed by atoms with Crippen molar-refractivity contribution < 1.29 is 30.5 Å². The van der Waals surface area contributed by atoms with Gasteiger partial charge < -0.3 is 0 Å². The van der Waals surface area contributed by atoms with E-state index in [0.29, 0.717) is 11.8 Å². The molecule has 1 saturated carbocycles. The van der Waals surface area contributed by atoms with E-state index in [1.807, 2.05) is 0 Å². The van der Waals surface area contributed by atoms with E-state index in [-0.39, 0.29) is 11.7 Å². The minimum Gasteiger partial charge on any atom is -0.282 e. The van der Waals surface area contributed by atoms with E-state index in [1.54, 1.807) is 0 Å². The van der Waals surface area contributed by atoms with Gasteiger partial charge in [0.15, 0.2) is 28.2 Å². The van der Waals surface area contributed by atoms with E-state index in [0.717, 1.165) is 32.1 Å². The highest BCUT2D eigenvalue weighted by Crippen LogP contribution is 2.36. The Morgan fingerprint density at radius 1 is 0.955 bits per heavy atom. The summed E-state index contributed by atoms with van der Waals surface area (Å²) in [6.07, 6.45) is 4.85. The summed E-state index contributed by atoms with van der Waals surface area (Å²) in [4.78, 5) is -2.89. The minimum absolute atomic E-state index is 0.199. The fourth-order valence-corrected chi connectivity index (χ4v) is 4.30. The topological polar surface area (TPSA) is 54.4 Å². The predicted octanol–water partition coefficient (Wildman–Crippen LogP) is 4.16. The van der Waals surface area contributed by atoms with E-state index in [1.165, 1.54) is 0 Å². The quantitative estimate of drug-likeness (QED) is 0.380. The number of hydrogen-bond acceptors (Lipinski definition) is 3. The summed E-state index contributed by atoms with van der Waals surface area (Å²) in [6, 6.07) is 0. The standard InChI is InChI=1S/C13H14F4O3S2/c14-8-10(16)13(22(18,19)20)11(17)9(15)12(8)21-6-7-4-2-1-3-5-7/h7H,1-6H2,(H,18,19,20). The van der Waals surface area contributed by atoms with E-state index in [2.05, 4.69) is 0 Å². The minimum atomic E-state index is -5.40. The van der Waals surface area contributed by atoms with Crippen LogP contribution in [0.3, 0.4) is 0 Å². The smallest absolute Gasteiger partial charge is 0.282 e. The number of hydrogen-bond donors (Lipinski definition) is 1. The lowest BCUT2D eigenvalue weighted by atomic mass is 9.91. The van der Waals surface area contributed by atoms with Crippen molar-refractivity contribution in [3.63, 3.8) is 0 Å². The molecule has 1 N–H and O–H groups in total. The van der Waals surface area contributed by atoms with E-state index in [9.17, 15) is 26.0 Å². The summed E-state index contributed by atoms with van der Waals surface area (Å²) < 4.78 is 85.2. The van der Waals surface area contributed by atoms with Gasteiger partial charge in [-0.3, -0.25) is 4.55 Å². The molecule has 9 heteroatoms. The lowest BCUT2D eigenvalue weighted by Crippen LogP contribution is -2.13. The summed E-state index contributed by atoms with van der Waals surface area (Å²) in [5.74, 6) is -7.32. The number of thioether (sulfide) groups is 1. The van der Waals surface area contributed by atoms with Crippen LogP contribution in [0.25, 0.3) is 0 Å². The highest BCUT2D eigenvalue weighted by molar-refractivity contribution is 7.99. The molecule has 0 heterocycles. The molecule has 1 aromatic rings. The number of benzene rings is 1. The van der Waals surface area contributed by atoms with Crippen molar-refractivity contribution in [1.82, 2.24) is 0 Å². The van der Waals surface area contributed by atoms with Crippen molar-refractivity contribution in [2.75, 3.05) is 5.75 Å². The van der Waals surface area contributed by atoms with Gasteiger partial charge in [-0.25, -0.2) is 17.6 Å². The molecule has 0 unspecified atom stereocenters. The average molecular weight is 358 g/mol. The van der Waals surface area contributed by atoms with Crippen LogP contribution in [0, 0.1) is 29.2 Å². The zero-order chi connectivity index (χ0) is 16.5. The largest absolute Gasteiger partial charge is 0.300 e. The Morgan fingerprint density at radius 3 is 1.91 bits per heavy atom. The van der Waals surface area contributed by atoms with Gasteiger partial charge >= 0.3 is 10.1 Å². The first-order chi connectivity index (χ1) is 10.2. The fraction of sp³-hybridized carbons (Fsp3) is 0.538. The molecule has 0 spiro atoms. The van der Waals surface area contributed by atoms with Crippen molar-refractivity contribution in [1.29, 1.82) is 0 Å². The lowest BCUT2D eigenvalue weighted by molar-refractivity contribution is 0.381. The van der Waals surface area contributed by atoms with E-state index < -0.39 is 43.2 Å². The molecule has 3 nitrogen and oxygen atoms in total. The summed E-state index contributed by atoms with van der Waals surface area (Å²) >= 11 is 0.621. The molecule has 0 amide bonds. The van der Waals surface area contributed by atoms with Crippen LogP contribution < -0.4 is 0 Å². The first-order valence-corrected chi connectivity index (χ1v) is 9.12. The molecule has 124 valence electrons. The maximum atomic E-state index is 13.8. The van der Waals surface area contributed by atoms with Crippen molar-refractivity contribution in [2.24, 2.45) is 5.92 Å². The summed E-state index contributed by atoms with van der Waals surface area (Å²) in [7, 11) is -5.40. The molecular formula is C13H14F4O3S2. The van der Waals surface area contributed by atoms with Gasteiger partial charge in [-0.2, -0.15) is 8.42 Å². The van der Waals surface area contributed by atoms with E-state index >= 15 is 0 Å². The van der Waals surface area contributed by atoms with Crippen LogP contribution in [0.4, 0.5) is 17.6 Å². The van der Waals surface area contributed by atoms with Gasteiger partial charge in [-0.05, 0) is 18.8 Å². The molecule has 0 saturated heterocycles. The molecule has 1 aliphatic rings. The third-order valence-electron chi connectivity index (χ3n) is 3.63. The third kappa shape index (κ3) is 3.57. The Hall–Kier alpha value is -0.800. The molecule has 0 bridgehead atoms. The van der Waals surface area contributed by atoms with Gasteiger partial charge in [0.2, 0.25) is 0 Å². The van der Waals surface area contributed by atoms with Crippen LogP contribution in [0.5, 0.6) is 0 Å². The molecule has 22 heavy (non-hydrogen) atoms. The van der Waals surface area contributed by atoms with Crippen LogP contribution in [0.1, 0.15) is 32.1 Å². The zero-order valence-corrected chi connectivity index (χ0v) is 13.0. The second-order valence-corrected chi connectivity index (χ2v) is 7.59. The van der Waals surface area contributed by atoms with Crippen LogP contribution in [0.15, 0.2) is 9.79 Å². The van der Waals surface area contributed by atoms with Crippen LogP contribution in [-0.2, 0) is 10.1 Å². The van der Waals surface area contributed by atoms with Crippen LogP contribution >= 0.6 is 11.8 Å². The molecule has 1 aromatic carbocycles. The van der Waals surface area contributed by atoms with Crippen LogP contribution in [-0.4, -0.2) is 18.7 Å². The second kappa shape index (κ2) is 6.76. The normalized spacial score (nSPS) is 17.0. The summed E-state index contributed by atoms with van der Waals surface area (Å²) in [5, 5.41) is 0. The highest BCUT2D eigenvalue weighted by Gasteiger charge is 2.32. The third-order valence-corrected chi connectivity index (χ3v) is 5.79. The first-order valence-electron chi connectivity index (χ1n) is 6.69. The predicted molar refractivity (Wildman–Crippen MR) is 73.4 cm³/mol. The van der Waals surface area contributed by atoms with Gasteiger partial charge in [-0.1, -0.05) is 19.3 Å². The summed E-state index contributed by atoms with van der Waals surface area (Å²) in [5.41, 5.74) is 0. The Morgan fingerprint density at radius 2 is 1.45 bits per heavy atom. The molecule has 0 aliphatic heterocycles. The van der Waals surface area contributed by atoms with Crippen LogP contribution in [0.2, 0.25) is 0 Å². The highest BCUT2D eigenvalue weighted by atomic mass is 32.2. The SMILES string of the molecule is O=S(=O)(O)c1c(F)c(F)c(SCC2CCCCC2)c(F)c1F. The Bertz CT molecular complexity index is 641. The monoisotopic (exact) mass is 358 g/mol. The molecular weight excluding hydrogens is 344 g/mol. The van der Waals surface area contributed by atoms with Gasteiger partial charge in [0, 0.05) is 5.75 Å². The van der Waals surface area contributed by atoms with Crippen molar-refractivity contribution >= 4 is 21.9 Å². The first kappa shape index (κ1) is 17.6. The van der Waals surface area contributed by atoms with Gasteiger partial charge in [0.1, 0.15) is 0 Å². The Balaban J connectivity index is 2.33. The Labute approximate surface area is 129 Å². The van der Waals surface area contributed by atoms with Crippen molar-refractivity contribution in [3.8, 4) is 0 Å². The number of rotatable bonds is 4. The molecule has 2 rings (SSSR count). The molecule has 0 radical (unpaired) electrons. The number of halogens is 4. The van der Waals surface area contributed by atoms with Gasteiger partial charge in [-0.15, -0.1) is 11.8 Å². The fourth-order valence-electron chi connectivity index (χ4n) is 2.50. The van der Waals surface area contributed by atoms with E-state index in [4.69, 9.17) is 4.55 Å². The Kier molecular flexibility index (Phi) is 5.39. The van der Waals surface area contributed by atoms with Gasteiger partial charge in [0.05, 0.1) is 4.90 Å². The summed E-state index contributed by atoms with van der Waals surface area (Å²) in [6.45, 7) is 0. The van der Waals surface area contributed by atoms with Crippen molar-refractivity contribution in [3.05, 3.63) is 23.3 Å². The molecule has 0 aromatic heterocycles.